The number of pyridine rings is 1. The molecule has 0 fully saturated rings. The van der Waals surface area contributed by atoms with Crippen LogP contribution >= 0.6 is 11.6 Å². The molecular weight excluding hydrogens is 419 g/mol. The van der Waals surface area contributed by atoms with Crippen molar-refractivity contribution in [3.8, 4) is 11.5 Å². The Morgan fingerprint density at radius 3 is 2.60 bits per heavy atom. The van der Waals surface area contributed by atoms with Gasteiger partial charge >= 0.3 is 6.18 Å². The molecule has 10 heteroatoms. The Bertz CT molecular complexity index is 943. The van der Waals surface area contributed by atoms with Crippen molar-refractivity contribution in [1.82, 2.24) is 20.3 Å². The topological polar surface area (TPSA) is 71.0 Å². The fourth-order valence-electron chi connectivity index (χ4n) is 3.37. The molecule has 0 atom stereocenters. The highest BCUT2D eigenvalue weighted by molar-refractivity contribution is 6.30. The monoisotopic (exact) mass is 441 g/mol. The molecule has 1 amide bonds. The molecule has 1 aliphatic rings. The number of aryl methyl sites for hydroxylation is 1. The van der Waals surface area contributed by atoms with Crippen LogP contribution in [0.15, 0.2) is 18.3 Å². The number of hydrogen-bond acceptors (Lipinski definition) is 5. The normalized spacial score (nSPS) is 13.8. The highest BCUT2D eigenvalue weighted by Crippen LogP contribution is 2.33. The minimum atomic E-state index is -4.51. The highest BCUT2D eigenvalue weighted by atomic mass is 35.5. The number of nitrogens with one attached hydrogen (secondary N) is 1. The van der Waals surface area contributed by atoms with Crippen LogP contribution in [0.4, 0.5) is 19.0 Å². The van der Waals surface area contributed by atoms with Gasteiger partial charge in [-0.15, -0.1) is 0 Å². The molecule has 0 saturated heterocycles. The van der Waals surface area contributed by atoms with Gasteiger partial charge in [-0.1, -0.05) is 11.6 Å². The minimum absolute atomic E-state index is 0.121. The predicted molar refractivity (Wildman–Crippen MR) is 108 cm³/mol. The standard InChI is InChI=1S/C20H23ClF3N5O/c1-19(2,3)28-16(30)10-29(11-20(22,23)24)18-13-5-4-6-14(13)26-17(27-18)15-9-12(21)7-8-25-15/h7-9H,4-6,10-11H2,1-3H3,(H,28,30). The van der Waals surface area contributed by atoms with Crippen LogP contribution in [0.3, 0.4) is 0 Å². The van der Waals surface area contributed by atoms with Crippen LogP contribution in [0, 0.1) is 0 Å². The first-order valence-electron chi connectivity index (χ1n) is 9.56. The first kappa shape index (κ1) is 22.3. The summed E-state index contributed by atoms with van der Waals surface area (Å²) in [5, 5.41) is 3.12. The largest absolute Gasteiger partial charge is 0.405 e. The summed E-state index contributed by atoms with van der Waals surface area (Å²) in [5.41, 5.74) is 1.13. The Labute approximate surface area is 177 Å². The van der Waals surface area contributed by atoms with E-state index < -0.39 is 30.7 Å². The average molecular weight is 442 g/mol. The maximum atomic E-state index is 13.4. The number of anilines is 1. The molecule has 0 aliphatic heterocycles. The minimum Gasteiger partial charge on any atom is -0.350 e. The molecule has 6 nitrogen and oxygen atoms in total. The fraction of sp³-hybridized carbons (Fsp3) is 0.500. The summed E-state index contributed by atoms with van der Waals surface area (Å²) in [7, 11) is 0. The van der Waals surface area contributed by atoms with E-state index in [1.54, 1.807) is 32.9 Å². The van der Waals surface area contributed by atoms with E-state index in [9.17, 15) is 18.0 Å². The molecule has 1 N–H and O–H groups in total. The molecule has 2 aromatic rings. The van der Waals surface area contributed by atoms with Gasteiger partial charge in [0.15, 0.2) is 5.82 Å². The molecule has 0 saturated carbocycles. The zero-order valence-corrected chi connectivity index (χ0v) is 17.7. The van der Waals surface area contributed by atoms with Crippen molar-refractivity contribution in [1.29, 1.82) is 0 Å². The van der Waals surface area contributed by atoms with E-state index in [-0.39, 0.29) is 11.6 Å². The lowest BCUT2D eigenvalue weighted by Crippen LogP contribution is -2.48. The number of nitrogens with zero attached hydrogens (tertiary/aromatic N) is 4. The van der Waals surface area contributed by atoms with Crippen LogP contribution in [0.25, 0.3) is 11.5 Å². The molecule has 1 aliphatic carbocycles. The van der Waals surface area contributed by atoms with Gasteiger partial charge in [0.05, 0.1) is 6.54 Å². The Morgan fingerprint density at radius 1 is 1.23 bits per heavy atom. The van der Waals surface area contributed by atoms with Crippen LogP contribution in [-0.4, -0.2) is 45.7 Å². The van der Waals surface area contributed by atoms with Crippen LogP contribution in [-0.2, 0) is 17.6 Å². The fourth-order valence-corrected chi connectivity index (χ4v) is 3.53. The number of halogens is 4. The van der Waals surface area contributed by atoms with E-state index in [0.717, 1.165) is 11.3 Å². The average Bonchev–Trinajstić information content (AvgIpc) is 3.06. The quantitative estimate of drug-likeness (QED) is 0.760. The van der Waals surface area contributed by atoms with Gasteiger partial charge < -0.3 is 10.2 Å². The summed E-state index contributed by atoms with van der Waals surface area (Å²) < 4.78 is 40.1. The van der Waals surface area contributed by atoms with Crippen molar-refractivity contribution in [3.05, 3.63) is 34.6 Å². The van der Waals surface area contributed by atoms with Crippen molar-refractivity contribution in [2.45, 2.75) is 51.7 Å². The van der Waals surface area contributed by atoms with E-state index in [1.807, 2.05) is 0 Å². The third-order valence-corrected chi connectivity index (χ3v) is 4.62. The Hall–Kier alpha value is -2.42. The molecule has 162 valence electrons. The van der Waals surface area contributed by atoms with Gasteiger partial charge in [0.2, 0.25) is 5.91 Å². The second-order valence-corrected chi connectivity index (χ2v) is 8.71. The third kappa shape index (κ3) is 5.81. The summed E-state index contributed by atoms with van der Waals surface area (Å²) in [6.45, 7) is 3.54. The number of hydrogen-bond donors (Lipinski definition) is 1. The van der Waals surface area contributed by atoms with E-state index in [1.165, 1.54) is 6.20 Å². The van der Waals surface area contributed by atoms with Crippen LogP contribution < -0.4 is 10.2 Å². The lowest BCUT2D eigenvalue weighted by Gasteiger charge is -2.28. The van der Waals surface area contributed by atoms with Gasteiger partial charge in [-0.3, -0.25) is 9.78 Å². The highest BCUT2D eigenvalue weighted by Gasteiger charge is 2.35. The van der Waals surface area contributed by atoms with Crippen molar-refractivity contribution < 1.29 is 18.0 Å². The van der Waals surface area contributed by atoms with E-state index in [0.29, 0.717) is 34.8 Å². The molecule has 2 heterocycles. The van der Waals surface area contributed by atoms with Gasteiger partial charge in [0, 0.05) is 28.0 Å². The van der Waals surface area contributed by atoms with Crippen LogP contribution in [0.5, 0.6) is 0 Å². The molecule has 0 bridgehead atoms. The smallest absolute Gasteiger partial charge is 0.350 e. The zero-order valence-electron chi connectivity index (χ0n) is 17.0. The molecule has 3 rings (SSSR count). The number of aromatic nitrogens is 3. The Kier molecular flexibility index (Phi) is 6.21. The van der Waals surface area contributed by atoms with Crippen molar-refractivity contribution in [2.75, 3.05) is 18.0 Å². The summed E-state index contributed by atoms with van der Waals surface area (Å²) in [6.07, 6.45) is -1.07. The molecule has 0 aromatic carbocycles. The molecule has 2 aromatic heterocycles. The number of rotatable bonds is 5. The molecule has 0 unspecified atom stereocenters. The van der Waals surface area contributed by atoms with Gasteiger partial charge in [-0.05, 0) is 52.2 Å². The van der Waals surface area contributed by atoms with Crippen LogP contribution in [0.2, 0.25) is 5.02 Å². The SMILES string of the molecule is CC(C)(C)NC(=O)CN(CC(F)(F)F)c1nc(-c2cc(Cl)ccn2)nc2c1CCC2. The Morgan fingerprint density at radius 2 is 1.97 bits per heavy atom. The third-order valence-electron chi connectivity index (χ3n) is 4.38. The summed E-state index contributed by atoms with van der Waals surface area (Å²) in [4.78, 5) is 26.5. The van der Waals surface area contributed by atoms with Gasteiger partial charge in [-0.2, -0.15) is 13.2 Å². The lowest BCUT2D eigenvalue weighted by molar-refractivity contribution is -0.125. The number of carbonyl (C=O) groups is 1. The number of fused-ring (bicyclic) bond motifs is 1. The first-order valence-corrected chi connectivity index (χ1v) is 9.93. The van der Waals surface area contributed by atoms with Gasteiger partial charge in [-0.25, -0.2) is 9.97 Å². The van der Waals surface area contributed by atoms with Crippen molar-refractivity contribution >= 4 is 23.3 Å². The Balaban J connectivity index is 2.04. The summed E-state index contributed by atoms with van der Waals surface area (Å²) in [6, 6.07) is 3.15. The molecular formula is C20H23ClF3N5O. The number of alkyl halides is 3. The van der Waals surface area contributed by atoms with Crippen molar-refractivity contribution in [3.63, 3.8) is 0 Å². The van der Waals surface area contributed by atoms with Crippen molar-refractivity contribution in [2.24, 2.45) is 0 Å². The van der Waals surface area contributed by atoms with Gasteiger partial charge in [0.25, 0.3) is 0 Å². The van der Waals surface area contributed by atoms with E-state index in [2.05, 4.69) is 20.3 Å². The zero-order chi connectivity index (χ0) is 22.1. The van der Waals surface area contributed by atoms with Gasteiger partial charge in [0.1, 0.15) is 18.1 Å². The number of carbonyl (C=O) groups excluding carboxylic acids is 1. The second-order valence-electron chi connectivity index (χ2n) is 8.28. The summed E-state index contributed by atoms with van der Waals surface area (Å²) in [5.74, 6) is -0.202. The maximum Gasteiger partial charge on any atom is 0.405 e. The van der Waals surface area contributed by atoms with Crippen LogP contribution in [0.1, 0.15) is 38.4 Å². The lowest BCUT2D eigenvalue weighted by atomic mass is 10.1. The second kappa shape index (κ2) is 8.37. The maximum absolute atomic E-state index is 13.4. The molecule has 0 radical (unpaired) electrons. The number of amides is 1. The molecule has 30 heavy (non-hydrogen) atoms. The predicted octanol–water partition coefficient (Wildman–Crippen LogP) is 3.96. The van der Waals surface area contributed by atoms with E-state index >= 15 is 0 Å². The van der Waals surface area contributed by atoms with E-state index in [4.69, 9.17) is 11.6 Å². The molecule has 0 spiro atoms. The first-order chi connectivity index (χ1) is 13.9. The summed E-state index contributed by atoms with van der Waals surface area (Å²) >= 11 is 6.02.